The van der Waals surface area contributed by atoms with Crippen molar-refractivity contribution in [2.75, 3.05) is 7.11 Å². The zero-order valence-corrected chi connectivity index (χ0v) is 11.3. The molecule has 0 bridgehead atoms. The van der Waals surface area contributed by atoms with E-state index in [0.29, 0.717) is 22.4 Å². The molecule has 0 aliphatic rings. The molecule has 2 rings (SSSR count). The molecule has 0 aliphatic carbocycles. The second-order valence-electron chi connectivity index (χ2n) is 4.27. The van der Waals surface area contributed by atoms with Crippen molar-refractivity contribution in [2.24, 2.45) is 5.73 Å². The number of hydrogen-bond donors (Lipinski definition) is 1. The van der Waals surface area contributed by atoms with E-state index in [4.69, 9.17) is 10.5 Å². The van der Waals surface area contributed by atoms with Crippen molar-refractivity contribution in [3.05, 3.63) is 48.0 Å². The van der Waals surface area contributed by atoms with Gasteiger partial charge in [0.2, 0.25) is 0 Å². The lowest BCUT2D eigenvalue weighted by Gasteiger charge is -2.16. The van der Waals surface area contributed by atoms with Gasteiger partial charge < -0.3 is 15.2 Å². The standard InChI is InChI=1S/C15H14F3NO2/c1-20-11-6-7-12(10(8-11)9-19)13-4-2-3-5-14(13)21-15(16,17)18/h2-8H,9,19H2,1H3. The molecule has 0 unspecified atom stereocenters. The largest absolute Gasteiger partial charge is 0.573 e. The Morgan fingerprint density at radius 2 is 1.76 bits per heavy atom. The van der Waals surface area contributed by atoms with Crippen LogP contribution < -0.4 is 15.2 Å². The molecule has 2 aromatic carbocycles. The lowest BCUT2D eigenvalue weighted by molar-refractivity contribution is -0.274. The Morgan fingerprint density at radius 1 is 1.05 bits per heavy atom. The summed E-state index contributed by atoms with van der Waals surface area (Å²) in [6.45, 7) is 0.173. The Balaban J connectivity index is 2.51. The highest BCUT2D eigenvalue weighted by Gasteiger charge is 2.32. The number of ether oxygens (including phenoxy) is 2. The summed E-state index contributed by atoms with van der Waals surface area (Å²) in [5, 5.41) is 0. The predicted octanol–water partition coefficient (Wildman–Crippen LogP) is 3.72. The average molecular weight is 297 g/mol. The van der Waals surface area contributed by atoms with Gasteiger partial charge in [0.25, 0.3) is 0 Å². The maximum absolute atomic E-state index is 12.5. The van der Waals surface area contributed by atoms with E-state index >= 15 is 0 Å². The van der Waals surface area contributed by atoms with Crippen LogP contribution in [0.15, 0.2) is 42.5 Å². The fraction of sp³-hybridized carbons (Fsp3) is 0.200. The molecule has 0 heterocycles. The zero-order valence-electron chi connectivity index (χ0n) is 11.3. The van der Waals surface area contributed by atoms with Crippen LogP contribution in [0.5, 0.6) is 11.5 Å². The minimum Gasteiger partial charge on any atom is -0.497 e. The summed E-state index contributed by atoms with van der Waals surface area (Å²) >= 11 is 0. The monoisotopic (exact) mass is 297 g/mol. The van der Waals surface area contributed by atoms with E-state index in [-0.39, 0.29) is 12.3 Å². The summed E-state index contributed by atoms with van der Waals surface area (Å²) in [4.78, 5) is 0. The van der Waals surface area contributed by atoms with Crippen molar-refractivity contribution in [1.29, 1.82) is 0 Å². The topological polar surface area (TPSA) is 44.5 Å². The molecule has 6 heteroatoms. The summed E-state index contributed by atoms with van der Waals surface area (Å²) in [5.74, 6) is 0.332. The molecule has 21 heavy (non-hydrogen) atoms. The molecule has 0 atom stereocenters. The molecule has 0 amide bonds. The van der Waals surface area contributed by atoms with Crippen LogP contribution in [-0.4, -0.2) is 13.5 Å². The molecule has 0 radical (unpaired) electrons. The van der Waals surface area contributed by atoms with Gasteiger partial charge in [0.05, 0.1) is 7.11 Å². The highest BCUT2D eigenvalue weighted by Crippen LogP contribution is 2.36. The molecule has 3 nitrogen and oxygen atoms in total. The number of alkyl halides is 3. The molecule has 112 valence electrons. The Morgan fingerprint density at radius 3 is 2.38 bits per heavy atom. The third kappa shape index (κ3) is 3.66. The molecular formula is C15H14F3NO2. The number of rotatable bonds is 4. The quantitative estimate of drug-likeness (QED) is 0.935. The maximum Gasteiger partial charge on any atom is 0.573 e. The van der Waals surface area contributed by atoms with Gasteiger partial charge in [-0.05, 0) is 29.3 Å². The predicted molar refractivity (Wildman–Crippen MR) is 73.0 cm³/mol. The summed E-state index contributed by atoms with van der Waals surface area (Å²) < 4.78 is 46.6. The Bertz CT molecular complexity index is 627. The molecular weight excluding hydrogens is 283 g/mol. The van der Waals surface area contributed by atoms with Gasteiger partial charge >= 0.3 is 6.36 Å². The van der Waals surface area contributed by atoms with Crippen LogP contribution in [-0.2, 0) is 6.54 Å². The fourth-order valence-electron chi connectivity index (χ4n) is 2.03. The van der Waals surface area contributed by atoms with Crippen molar-refractivity contribution < 1.29 is 22.6 Å². The summed E-state index contributed by atoms with van der Waals surface area (Å²) in [6, 6.07) is 11.0. The molecule has 0 saturated carbocycles. The highest BCUT2D eigenvalue weighted by molar-refractivity contribution is 5.74. The normalized spacial score (nSPS) is 11.3. The Hall–Kier alpha value is -2.21. The van der Waals surface area contributed by atoms with E-state index in [1.807, 2.05) is 0 Å². The number of benzene rings is 2. The van der Waals surface area contributed by atoms with Crippen LogP contribution in [0.2, 0.25) is 0 Å². The molecule has 0 fully saturated rings. The third-order valence-electron chi connectivity index (χ3n) is 2.94. The number of halogens is 3. The van der Waals surface area contributed by atoms with Gasteiger partial charge in [0.15, 0.2) is 0 Å². The highest BCUT2D eigenvalue weighted by atomic mass is 19.4. The lowest BCUT2D eigenvalue weighted by Crippen LogP contribution is -2.17. The van der Waals surface area contributed by atoms with Crippen molar-refractivity contribution in [3.8, 4) is 22.6 Å². The SMILES string of the molecule is COc1ccc(-c2ccccc2OC(F)(F)F)c(CN)c1. The lowest BCUT2D eigenvalue weighted by atomic mass is 9.98. The first kappa shape index (κ1) is 15.2. The first-order chi connectivity index (χ1) is 9.94. The van der Waals surface area contributed by atoms with Gasteiger partial charge in [0, 0.05) is 12.1 Å². The van der Waals surface area contributed by atoms with E-state index in [1.165, 1.54) is 19.2 Å². The number of para-hydroxylation sites is 1. The van der Waals surface area contributed by atoms with Crippen LogP contribution in [0.3, 0.4) is 0 Å². The molecule has 2 aromatic rings. The van der Waals surface area contributed by atoms with E-state index in [0.717, 1.165) is 0 Å². The molecule has 2 N–H and O–H groups in total. The first-order valence-electron chi connectivity index (χ1n) is 6.16. The van der Waals surface area contributed by atoms with Crippen molar-refractivity contribution in [1.82, 2.24) is 0 Å². The average Bonchev–Trinajstić information content (AvgIpc) is 2.45. The van der Waals surface area contributed by atoms with Crippen LogP contribution in [0, 0.1) is 0 Å². The van der Waals surface area contributed by atoms with E-state index < -0.39 is 6.36 Å². The summed E-state index contributed by atoms with van der Waals surface area (Å²) in [7, 11) is 1.51. The van der Waals surface area contributed by atoms with E-state index in [2.05, 4.69) is 4.74 Å². The second-order valence-corrected chi connectivity index (χ2v) is 4.27. The number of hydrogen-bond acceptors (Lipinski definition) is 3. The van der Waals surface area contributed by atoms with Gasteiger partial charge in [-0.3, -0.25) is 0 Å². The van der Waals surface area contributed by atoms with Crippen molar-refractivity contribution in [3.63, 3.8) is 0 Å². The van der Waals surface area contributed by atoms with Crippen molar-refractivity contribution in [2.45, 2.75) is 12.9 Å². The van der Waals surface area contributed by atoms with Gasteiger partial charge in [-0.1, -0.05) is 24.3 Å². The smallest absolute Gasteiger partial charge is 0.497 e. The Kier molecular flexibility index (Phi) is 4.37. The number of nitrogens with two attached hydrogens (primary N) is 1. The van der Waals surface area contributed by atoms with E-state index in [9.17, 15) is 13.2 Å². The molecule has 0 aromatic heterocycles. The van der Waals surface area contributed by atoms with Crippen LogP contribution in [0.1, 0.15) is 5.56 Å². The Labute approximate surface area is 120 Å². The second kappa shape index (κ2) is 6.05. The van der Waals surface area contributed by atoms with Crippen molar-refractivity contribution >= 4 is 0 Å². The van der Waals surface area contributed by atoms with Crippen LogP contribution in [0.4, 0.5) is 13.2 Å². The molecule has 0 aliphatic heterocycles. The maximum atomic E-state index is 12.5. The van der Waals surface area contributed by atoms with Gasteiger partial charge in [-0.25, -0.2) is 0 Å². The zero-order chi connectivity index (χ0) is 15.5. The summed E-state index contributed by atoms with van der Waals surface area (Å²) in [6.07, 6.45) is -4.74. The summed E-state index contributed by atoms with van der Waals surface area (Å²) in [5.41, 5.74) is 7.26. The molecule has 0 spiro atoms. The van der Waals surface area contributed by atoms with Gasteiger partial charge in [-0.2, -0.15) is 0 Å². The minimum atomic E-state index is -4.74. The third-order valence-corrected chi connectivity index (χ3v) is 2.94. The fourth-order valence-corrected chi connectivity index (χ4v) is 2.03. The van der Waals surface area contributed by atoms with Crippen LogP contribution in [0.25, 0.3) is 11.1 Å². The minimum absolute atomic E-state index is 0.173. The first-order valence-corrected chi connectivity index (χ1v) is 6.16. The van der Waals surface area contributed by atoms with Crippen LogP contribution >= 0.6 is 0 Å². The van der Waals surface area contributed by atoms with Gasteiger partial charge in [0.1, 0.15) is 11.5 Å². The molecule has 0 saturated heterocycles. The van der Waals surface area contributed by atoms with Gasteiger partial charge in [-0.15, -0.1) is 13.2 Å². The van der Waals surface area contributed by atoms with E-state index in [1.54, 1.807) is 30.3 Å². The number of methoxy groups -OCH3 is 1.